The minimum Gasteiger partial charge on any atom is -0.493 e. The van der Waals surface area contributed by atoms with E-state index in [1.165, 1.54) is 56.5 Å². The number of anilines is 1. The molecule has 0 unspecified atom stereocenters. The Balaban J connectivity index is 1.41. The molecule has 1 aliphatic rings. The van der Waals surface area contributed by atoms with Crippen LogP contribution in [0.5, 0.6) is 17.2 Å². The first kappa shape index (κ1) is 27.7. The fourth-order valence-electron chi connectivity index (χ4n) is 3.57. The SMILES string of the molecule is COc1ccccc1OCCN1C(=O)S/C(=C\c2cccc(OS(=O)(=O)c3ccc(NC(C)=O)cc3)c2)C1=O. The second-order valence-corrected chi connectivity index (χ2v) is 10.7. The van der Waals surface area contributed by atoms with Crippen LogP contribution in [-0.2, 0) is 19.7 Å². The molecule has 4 rings (SSSR count). The molecule has 1 N–H and O–H groups in total. The first-order chi connectivity index (χ1) is 18.7. The minimum absolute atomic E-state index is 0.0270. The average molecular weight is 569 g/mol. The van der Waals surface area contributed by atoms with Crippen LogP contribution in [0.3, 0.4) is 0 Å². The summed E-state index contributed by atoms with van der Waals surface area (Å²) in [5.74, 6) is 0.305. The summed E-state index contributed by atoms with van der Waals surface area (Å²) in [6.45, 7) is 1.47. The molecule has 1 fully saturated rings. The number of rotatable bonds is 10. The van der Waals surface area contributed by atoms with Crippen molar-refractivity contribution in [2.45, 2.75) is 11.8 Å². The number of ether oxygens (including phenoxy) is 2. The lowest BCUT2D eigenvalue weighted by atomic mass is 10.2. The fraction of sp³-hybridized carbons (Fsp3) is 0.148. The van der Waals surface area contributed by atoms with Gasteiger partial charge >= 0.3 is 10.1 Å². The Morgan fingerprint density at radius 3 is 2.41 bits per heavy atom. The number of nitrogens with one attached hydrogen (secondary N) is 1. The van der Waals surface area contributed by atoms with Crippen molar-refractivity contribution in [2.75, 3.05) is 25.6 Å². The van der Waals surface area contributed by atoms with Crippen molar-refractivity contribution in [3.05, 3.63) is 83.3 Å². The molecule has 0 aliphatic carbocycles. The third-order valence-corrected chi connectivity index (χ3v) is 7.51. The first-order valence-electron chi connectivity index (χ1n) is 11.6. The average Bonchev–Trinajstić information content (AvgIpc) is 3.16. The van der Waals surface area contributed by atoms with E-state index in [9.17, 15) is 22.8 Å². The summed E-state index contributed by atoms with van der Waals surface area (Å²) in [7, 11) is -2.64. The number of thioether (sulfide) groups is 1. The highest BCUT2D eigenvalue weighted by atomic mass is 32.2. The predicted molar refractivity (Wildman–Crippen MR) is 146 cm³/mol. The summed E-state index contributed by atoms with van der Waals surface area (Å²) >= 11 is 0.781. The number of carbonyl (C=O) groups is 3. The van der Waals surface area contributed by atoms with Gasteiger partial charge in [-0.2, -0.15) is 8.42 Å². The number of para-hydroxylation sites is 2. The number of hydrogen-bond donors (Lipinski definition) is 1. The minimum atomic E-state index is -4.16. The second-order valence-electron chi connectivity index (χ2n) is 8.15. The van der Waals surface area contributed by atoms with Gasteiger partial charge in [0, 0.05) is 12.6 Å². The van der Waals surface area contributed by atoms with Crippen molar-refractivity contribution in [1.29, 1.82) is 0 Å². The molecule has 39 heavy (non-hydrogen) atoms. The third-order valence-electron chi connectivity index (χ3n) is 5.34. The quantitative estimate of drug-likeness (QED) is 0.277. The molecule has 1 saturated heterocycles. The van der Waals surface area contributed by atoms with Crippen LogP contribution in [0.1, 0.15) is 12.5 Å². The molecular weight excluding hydrogens is 544 g/mol. The fourth-order valence-corrected chi connectivity index (χ4v) is 5.36. The van der Waals surface area contributed by atoms with Crippen LogP contribution in [0, 0.1) is 0 Å². The summed E-state index contributed by atoms with van der Waals surface area (Å²) in [6, 6.07) is 18.7. The summed E-state index contributed by atoms with van der Waals surface area (Å²) in [4.78, 5) is 37.7. The predicted octanol–water partition coefficient (Wildman–Crippen LogP) is 4.54. The van der Waals surface area contributed by atoms with E-state index < -0.39 is 21.3 Å². The third kappa shape index (κ3) is 6.98. The molecule has 0 aromatic heterocycles. The van der Waals surface area contributed by atoms with Crippen molar-refractivity contribution in [3.63, 3.8) is 0 Å². The number of imide groups is 1. The number of nitrogens with zero attached hydrogens (tertiary/aromatic N) is 1. The zero-order valence-electron chi connectivity index (χ0n) is 20.9. The van der Waals surface area contributed by atoms with Gasteiger partial charge in [-0.15, -0.1) is 0 Å². The number of carbonyl (C=O) groups excluding carboxylic acids is 3. The standard InChI is InChI=1S/C27H24N2O8S2/c1-18(30)28-20-10-12-22(13-11-20)39(33,34)37-21-7-5-6-19(16-21)17-25-26(31)29(27(32)38-25)14-15-36-24-9-4-3-8-23(24)35-2/h3-13,16-17H,14-15H2,1-2H3,(H,28,30)/b25-17-. The van der Waals surface area contributed by atoms with Crippen LogP contribution in [0.4, 0.5) is 10.5 Å². The number of hydrogen-bond acceptors (Lipinski definition) is 9. The Morgan fingerprint density at radius 1 is 1.00 bits per heavy atom. The number of benzene rings is 3. The maximum atomic E-state index is 12.9. The Hall–Kier alpha value is -4.29. The van der Waals surface area contributed by atoms with Crippen LogP contribution < -0.4 is 19.0 Å². The highest BCUT2D eigenvalue weighted by Crippen LogP contribution is 2.33. The zero-order valence-corrected chi connectivity index (χ0v) is 22.6. The lowest BCUT2D eigenvalue weighted by molar-refractivity contribution is -0.123. The van der Waals surface area contributed by atoms with Gasteiger partial charge in [-0.25, -0.2) is 0 Å². The lowest BCUT2D eigenvalue weighted by Crippen LogP contribution is -2.32. The van der Waals surface area contributed by atoms with Crippen molar-refractivity contribution < 1.29 is 36.5 Å². The number of amides is 3. The van der Waals surface area contributed by atoms with Crippen molar-refractivity contribution >= 4 is 50.7 Å². The maximum absolute atomic E-state index is 12.9. The van der Waals surface area contributed by atoms with Crippen LogP contribution >= 0.6 is 11.8 Å². The van der Waals surface area contributed by atoms with Gasteiger partial charge in [-0.3, -0.25) is 19.3 Å². The van der Waals surface area contributed by atoms with E-state index in [0.29, 0.717) is 22.7 Å². The molecule has 3 amide bonds. The first-order valence-corrected chi connectivity index (χ1v) is 13.8. The summed E-state index contributed by atoms with van der Waals surface area (Å²) in [6.07, 6.45) is 1.49. The van der Waals surface area contributed by atoms with Crippen LogP contribution in [0.15, 0.2) is 82.6 Å². The van der Waals surface area contributed by atoms with E-state index in [2.05, 4.69) is 5.32 Å². The van der Waals surface area contributed by atoms with E-state index in [4.69, 9.17) is 13.7 Å². The van der Waals surface area contributed by atoms with Crippen molar-refractivity contribution in [3.8, 4) is 17.2 Å². The van der Waals surface area contributed by atoms with Crippen LogP contribution in [0.25, 0.3) is 6.08 Å². The van der Waals surface area contributed by atoms with E-state index in [0.717, 1.165) is 16.7 Å². The molecule has 0 radical (unpaired) electrons. The molecule has 10 nitrogen and oxygen atoms in total. The lowest BCUT2D eigenvalue weighted by Gasteiger charge is -2.14. The monoisotopic (exact) mass is 568 g/mol. The zero-order chi connectivity index (χ0) is 28.0. The normalized spacial score (nSPS) is 14.4. The van der Waals surface area contributed by atoms with Crippen LogP contribution in [-0.4, -0.2) is 50.6 Å². The van der Waals surface area contributed by atoms with E-state index in [1.807, 2.05) is 0 Å². The van der Waals surface area contributed by atoms with Gasteiger partial charge in [0.1, 0.15) is 17.3 Å². The van der Waals surface area contributed by atoms with E-state index in [-0.39, 0.29) is 34.6 Å². The largest absolute Gasteiger partial charge is 0.493 e. The van der Waals surface area contributed by atoms with E-state index in [1.54, 1.807) is 36.4 Å². The molecule has 0 spiro atoms. The van der Waals surface area contributed by atoms with Gasteiger partial charge in [0.2, 0.25) is 5.91 Å². The van der Waals surface area contributed by atoms with Gasteiger partial charge in [0.05, 0.1) is 18.6 Å². The Morgan fingerprint density at radius 2 is 1.72 bits per heavy atom. The molecule has 0 bridgehead atoms. The van der Waals surface area contributed by atoms with Gasteiger partial charge < -0.3 is 19.0 Å². The smallest absolute Gasteiger partial charge is 0.339 e. The number of methoxy groups -OCH3 is 1. The van der Waals surface area contributed by atoms with Gasteiger partial charge in [-0.1, -0.05) is 24.3 Å². The molecule has 12 heteroatoms. The summed E-state index contributed by atoms with van der Waals surface area (Å²) in [5, 5.41) is 2.12. The van der Waals surface area contributed by atoms with Crippen LogP contribution in [0.2, 0.25) is 0 Å². The molecule has 1 aliphatic heterocycles. The Bertz CT molecular complexity index is 1540. The Labute approximate surface area is 229 Å². The van der Waals surface area contributed by atoms with Crippen molar-refractivity contribution in [2.24, 2.45) is 0 Å². The molecule has 3 aromatic rings. The van der Waals surface area contributed by atoms with Crippen molar-refractivity contribution in [1.82, 2.24) is 4.90 Å². The Kier molecular flexibility index (Phi) is 8.57. The second kappa shape index (κ2) is 12.0. The molecular formula is C27H24N2O8S2. The molecule has 0 saturated carbocycles. The molecule has 0 atom stereocenters. The molecule has 1 heterocycles. The highest BCUT2D eigenvalue weighted by Gasteiger charge is 2.35. The summed E-state index contributed by atoms with van der Waals surface area (Å²) < 4.78 is 41.6. The summed E-state index contributed by atoms with van der Waals surface area (Å²) in [5.41, 5.74) is 0.920. The molecule has 202 valence electrons. The topological polar surface area (TPSA) is 128 Å². The van der Waals surface area contributed by atoms with Gasteiger partial charge in [-0.05, 0) is 71.9 Å². The highest BCUT2D eigenvalue weighted by molar-refractivity contribution is 8.18. The van der Waals surface area contributed by atoms with Gasteiger partial charge in [0.15, 0.2) is 11.5 Å². The molecule has 3 aromatic carbocycles. The van der Waals surface area contributed by atoms with Gasteiger partial charge in [0.25, 0.3) is 11.1 Å². The maximum Gasteiger partial charge on any atom is 0.339 e. The van der Waals surface area contributed by atoms with E-state index >= 15 is 0 Å².